The number of amides is 1. The van der Waals surface area contributed by atoms with E-state index in [1.807, 2.05) is 13.8 Å². The second-order valence-electron chi connectivity index (χ2n) is 4.47. The van der Waals surface area contributed by atoms with Gasteiger partial charge in [-0.05, 0) is 19.9 Å². The summed E-state index contributed by atoms with van der Waals surface area (Å²) in [5.74, 6) is -1.39. The first-order valence-electron chi connectivity index (χ1n) is 5.65. The maximum absolute atomic E-state index is 12.1. The molecule has 1 aromatic heterocycles. The zero-order chi connectivity index (χ0) is 13.3. The molecule has 2 N–H and O–H groups in total. The van der Waals surface area contributed by atoms with Gasteiger partial charge in [0.1, 0.15) is 0 Å². The summed E-state index contributed by atoms with van der Waals surface area (Å²) in [7, 11) is 0. The van der Waals surface area contributed by atoms with Crippen molar-refractivity contribution in [3.05, 3.63) is 21.4 Å². The molecule has 18 heavy (non-hydrogen) atoms. The van der Waals surface area contributed by atoms with Crippen molar-refractivity contribution in [3.63, 3.8) is 0 Å². The number of carbonyl (C=O) groups is 2. The molecule has 1 atom stereocenters. The maximum atomic E-state index is 12.1. The van der Waals surface area contributed by atoms with Gasteiger partial charge in [-0.1, -0.05) is 0 Å². The Labute approximate surface area is 109 Å². The van der Waals surface area contributed by atoms with Crippen LogP contribution in [0.2, 0.25) is 0 Å². The monoisotopic (exact) mass is 269 g/mol. The number of aliphatic carboxylic acids is 1. The molecule has 0 aromatic carbocycles. The van der Waals surface area contributed by atoms with Gasteiger partial charge in [-0.2, -0.15) is 0 Å². The molecule has 0 radical (unpaired) electrons. The molecule has 0 aliphatic carbocycles. The number of thiophene rings is 1. The molecule has 0 saturated carbocycles. The number of carboxylic acids is 1. The minimum atomic E-state index is -1.28. The molecule has 1 aromatic rings. The van der Waals surface area contributed by atoms with Gasteiger partial charge in [0.15, 0.2) is 5.54 Å². The number of hydrogen-bond donors (Lipinski definition) is 2. The Bertz CT molecular complexity index is 488. The van der Waals surface area contributed by atoms with E-state index >= 15 is 0 Å². The first-order valence-corrected chi connectivity index (χ1v) is 6.47. The molecule has 1 fully saturated rings. The van der Waals surface area contributed by atoms with Gasteiger partial charge in [-0.25, -0.2) is 4.79 Å². The lowest BCUT2D eigenvalue weighted by molar-refractivity contribution is -0.144. The van der Waals surface area contributed by atoms with Gasteiger partial charge < -0.3 is 15.2 Å². The predicted molar refractivity (Wildman–Crippen MR) is 67.1 cm³/mol. The Morgan fingerprint density at radius 2 is 2.22 bits per heavy atom. The van der Waals surface area contributed by atoms with Crippen molar-refractivity contribution < 1.29 is 19.4 Å². The fourth-order valence-electron chi connectivity index (χ4n) is 2.03. The van der Waals surface area contributed by atoms with E-state index in [2.05, 4.69) is 5.32 Å². The van der Waals surface area contributed by atoms with E-state index in [0.29, 0.717) is 18.6 Å². The molecule has 2 rings (SSSR count). The number of carboxylic acid groups (broad SMARTS) is 1. The molecule has 6 heteroatoms. The highest BCUT2D eigenvalue weighted by molar-refractivity contribution is 7.12. The van der Waals surface area contributed by atoms with Crippen LogP contribution in [0, 0.1) is 13.8 Å². The van der Waals surface area contributed by atoms with Gasteiger partial charge in [0, 0.05) is 22.8 Å². The number of hydrogen-bond acceptors (Lipinski definition) is 4. The first kappa shape index (κ1) is 13.0. The van der Waals surface area contributed by atoms with Crippen LogP contribution >= 0.6 is 11.3 Å². The zero-order valence-electron chi connectivity index (χ0n) is 10.3. The van der Waals surface area contributed by atoms with Crippen LogP contribution in [0.25, 0.3) is 0 Å². The Hall–Kier alpha value is -1.40. The fourth-order valence-corrected chi connectivity index (χ4v) is 2.95. The highest BCUT2D eigenvalue weighted by Gasteiger charge is 2.44. The van der Waals surface area contributed by atoms with E-state index in [1.54, 1.807) is 6.07 Å². The van der Waals surface area contributed by atoms with Gasteiger partial charge >= 0.3 is 5.97 Å². The molecule has 5 nitrogen and oxygen atoms in total. The number of nitrogens with one attached hydrogen (secondary N) is 1. The summed E-state index contributed by atoms with van der Waals surface area (Å²) in [4.78, 5) is 25.3. The van der Waals surface area contributed by atoms with Gasteiger partial charge in [0.25, 0.3) is 5.91 Å². The van der Waals surface area contributed by atoms with Crippen molar-refractivity contribution in [3.8, 4) is 0 Å². The molecule has 1 unspecified atom stereocenters. The van der Waals surface area contributed by atoms with Crippen molar-refractivity contribution in [2.75, 3.05) is 13.2 Å². The van der Waals surface area contributed by atoms with Crippen molar-refractivity contribution in [2.24, 2.45) is 0 Å². The van der Waals surface area contributed by atoms with Crippen LogP contribution in [0.4, 0.5) is 0 Å². The van der Waals surface area contributed by atoms with E-state index < -0.39 is 11.5 Å². The number of ether oxygens (including phenoxy) is 1. The van der Waals surface area contributed by atoms with E-state index in [4.69, 9.17) is 4.74 Å². The van der Waals surface area contributed by atoms with Crippen LogP contribution < -0.4 is 5.32 Å². The van der Waals surface area contributed by atoms with E-state index in [1.165, 1.54) is 11.3 Å². The fraction of sp³-hybridized carbons (Fsp3) is 0.500. The molecule has 1 amide bonds. The quantitative estimate of drug-likeness (QED) is 0.868. The maximum Gasteiger partial charge on any atom is 0.331 e. The standard InChI is InChI=1S/C12H15NO4S/c1-7-5-9(8(2)18-7)10(14)13-12(11(15)16)3-4-17-6-12/h5H,3-4,6H2,1-2H3,(H,13,14)(H,15,16). The van der Waals surface area contributed by atoms with Crippen LogP contribution in [0.5, 0.6) is 0 Å². The second kappa shape index (κ2) is 4.70. The molecule has 2 heterocycles. The highest BCUT2D eigenvalue weighted by Crippen LogP contribution is 2.23. The largest absolute Gasteiger partial charge is 0.479 e. The Morgan fingerprint density at radius 1 is 1.50 bits per heavy atom. The lowest BCUT2D eigenvalue weighted by Gasteiger charge is -2.23. The van der Waals surface area contributed by atoms with Crippen LogP contribution in [0.15, 0.2) is 6.07 Å². The average molecular weight is 269 g/mol. The molecule has 1 aliphatic heterocycles. The SMILES string of the molecule is Cc1cc(C(=O)NC2(C(=O)O)CCOC2)c(C)s1. The van der Waals surface area contributed by atoms with E-state index in [0.717, 1.165) is 9.75 Å². The van der Waals surface area contributed by atoms with Crippen molar-refractivity contribution in [1.82, 2.24) is 5.32 Å². The third-order valence-electron chi connectivity index (χ3n) is 3.07. The first-order chi connectivity index (χ1) is 8.44. The molecule has 0 spiro atoms. The normalized spacial score (nSPS) is 23.0. The topological polar surface area (TPSA) is 75.6 Å². The van der Waals surface area contributed by atoms with Crippen LogP contribution in [-0.4, -0.2) is 35.7 Å². The molecule has 1 aliphatic rings. The second-order valence-corrected chi connectivity index (χ2v) is 5.93. The van der Waals surface area contributed by atoms with Crippen LogP contribution in [0.1, 0.15) is 26.5 Å². The zero-order valence-corrected chi connectivity index (χ0v) is 11.1. The molecular formula is C12H15NO4S. The Morgan fingerprint density at radius 3 is 2.67 bits per heavy atom. The summed E-state index contributed by atoms with van der Waals surface area (Å²) in [6.45, 7) is 4.15. The Balaban J connectivity index is 2.20. The van der Waals surface area contributed by atoms with Crippen LogP contribution in [0.3, 0.4) is 0 Å². The highest BCUT2D eigenvalue weighted by atomic mass is 32.1. The third kappa shape index (κ3) is 2.26. The molecule has 1 saturated heterocycles. The predicted octanol–water partition coefficient (Wildman–Crippen LogP) is 1.34. The van der Waals surface area contributed by atoms with Gasteiger partial charge in [-0.3, -0.25) is 4.79 Å². The minimum Gasteiger partial charge on any atom is -0.479 e. The van der Waals surface area contributed by atoms with E-state index in [9.17, 15) is 14.7 Å². The third-order valence-corrected chi connectivity index (χ3v) is 4.04. The molecule has 98 valence electrons. The summed E-state index contributed by atoms with van der Waals surface area (Å²) in [5.41, 5.74) is -0.732. The summed E-state index contributed by atoms with van der Waals surface area (Å²) in [5, 5.41) is 11.8. The van der Waals surface area contributed by atoms with Crippen LogP contribution in [-0.2, 0) is 9.53 Å². The van der Waals surface area contributed by atoms with Gasteiger partial charge in [0.05, 0.1) is 12.2 Å². The number of rotatable bonds is 3. The summed E-state index contributed by atoms with van der Waals surface area (Å²) >= 11 is 1.52. The smallest absolute Gasteiger partial charge is 0.331 e. The van der Waals surface area contributed by atoms with Crippen molar-refractivity contribution in [2.45, 2.75) is 25.8 Å². The lowest BCUT2D eigenvalue weighted by Crippen LogP contribution is -2.55. The minimum absolute atomic E-state index is 0.0240. The number of aryl methyl sites for hydroxylation is 2. The van der Waals surface area contributed by atoms with Crippen molar-refractivity contribution >= 4 is 23.2 Å². The summed E-state index contributed by atoms with van der Waals surface area (Å²) in [6.07, 6.45) is 0.302. The van der Waals surface area contributed by atoms with Crippen molar-refractivity contribution in [1.29, 1.82) is 0 Å². The average Bonchev–Trinajstić information content (AvgIpc) is 2.86. The van der Waals surface area contributed by atoms with Gasteiger partial charge in [0.2, 0.25) is 0 Å². The Kier molecular flexibility index (Phi) is 3.41. The number of carbonyl (C=O) groups excluding carboxylic acids is 1. The lowest BCUT2D eigenvalue weighted by atomic mass is 9.98. The molecular weight excluding hydrogens is 254 g/mol. The summed E-state index contributed by atoms with van der Waals surface area (Å²) < 4.78 is 5.10. The van der Waals surface area contributed by atoms with E-state index in [-0.39, 0.29) is 12.5 Å². The molecule has 0 bridgehead atoms. The van der Waals surface area contributed by atoms with Gasteiger partial charge in [-0.15, -0.1) is 11.3 Å². The summed E-state index contributed by atoms with van der Waals surface area (Å²) in [6, 6.07) is 1.78.